The van der Waals surface area contributed by atoms with Gasteiger partial charge in [-0.2, -0.15) is 0 Å². The van der Waals surface area contributed by atoms with Gasteiger partial charge in [0.2, 0.25) is 10.0 Å². The lowest BCUT2D eigenvalue weighted by Gasteiger charge is -2.20. The molecule has 1 atom stereocenters. The molecule has 3 rings (SSSR count). The molecule has 0 amide bonds. The fourth-order valence-electron chi connectivity index (χ4n) is 2.71. The third-order valence-electron chi connectivity index (χ3n) is 4.17. The summed E-state index contributed by atoms with van der Waals surface area (Å²) < 4.78 is 33.7. The third kappa shape index (κ3) is 3.57. The van der Waals surface area contributed by atoms with E-state index in [2.05, 4.69) is 4.72 Å². The van der Waals surface area contributed by atoms with Gasteiger partial charge in [-0.15, -0.1) is 0 Å². The second kappa shape index (κ2) is 6.34. The van der Waals surface area contributed by atoms with Gasteiger partial charge in [0, 0.05) is 6.04 Å². The summed E-state index contributed by atoms with van der Waals surface area (Å²) in [6, 6.07) is 14.5. The highest BCUT2D eigenvalue weighted by Gasteiger charge is 2.36. The number of benzene rings is 2. The van der Waals surface area contributed by atoms with Gasteiger partial charge in [0.05, 0.1) is 7.11 Å². The first-order valence-corrected chi connectivity index (χ1v) is 9.21. The van der Waals surface area contributed by atoms with E-state index in [1.807, 2.05) is 31.2 Å². The molecule has 23 heavy (non-hydrogen) atoms. The Morgan fingerprint density at radius 2 is 1.74 bits per heavy atom. The van der Waals surface area contributed by atoms with Crippen molar-refractivity contribution in [2.24, 2.45) is 5.92 Å². The number of ether oxygens (including phenoxy) is 1. The Balaban J connectivity index is 1.92. The highest BCUT2D eigenvalue weighted by Crippen LogP contribution is 2.42. The van der Waals surface area contributed by atoms with E-state index in [1.165, 1.54) is 7.11 Å². The molecule has 122 valence electrons. The molecule has 5 heteroatoms. The van der Waals surface area contributed by atoms with Gasteiger partial charge in [-0.3, -0.25) is 0 Å². The van der Waals surface area contributed by atoms with Crippen molar-refractivity contribution < 1.29 is 13.2 Å². The zero-order chi connectivity index (χ0) is 16.4. The number of rotatable bonds is 6. The van der Waals surface area contributed by atoms with Gasteiger partial charge in [0.1, 0.15) is 10.6 Å². The zero-order valence-electron chi connectivity index (χ0n) is 13.3. The molecule has 0 spiro atoms. The van der Waals surface area contributed by atoms with Crippen LogP contribution in [-0.2, 0) is 10.0 Å². The van der Waals surface area contributed by atoms with Crippen molar-refractivity contribution in [1.29, 1.82) is 0 Å². The van der Waals surface area contributed by atoms with Gasteiger partial charge in [-0.05, 0) is 43.4 Å². The first-order valence-electron chi connectivity index (χ1n) is 7.73. The average molecular weight is 331 g/mol. The largest absolute Gasteiger partial charge is 0.495 e. The van der Waals surface area contributed by atoms with Crippen molar-refractivity contribution in [2.45, 2.75) is 30.7 Å². The van der Waals surface area contributed by atoms with Crippen LogP contribution in [0.4, 0.5) is 0 Å². The smallest absolute Gasteiger partial charge is 0.244 e. The topological polar surface area (TPSA) is 55.4 Å². The number of aryl methyl sites for hydroxylation is 1. The quantitative estimate of drug-likeness (QED) is 0.882. The van der Waals surface area contributed by atoms with Crippen LogP contribution in [0.15, 0.2) is 53.4 Å². The third-order valence-corrected chi connectivity index (χ3v) is 5.65. The number of methoxy groups -OCH3 is 1. The molecule has 1 aliphatic rings. The van der Waals surface area contributed by atoms with E-state index in [0.717, 1.165) is 24.0 Å². The average Bonchev–Trinajstić information content (AvgIpc) is 3.38. The van der Waals surface area contributed by atoms with Crippen molar-refractivity contribution >= 4 is 10.0 Å². The maximum absolute atomic E-state index is 12.8. The summed E-state index contributed by atoms with van der Waals surface area (Å²) in [5, 5.41) is 0. The molecule has 0 aromatic heterocycles. The molecule has 0 bridgehead atoms. The highest BCUT2D eigenvalue weighted by atomic mass is 32.2. The SMILES string of the molecule is COc1ccccc1S(=O)(=O)NC(c1ccc(C)cc1)C1CC1. The van der Waals surface area contributed by atoms with Gasteiger partial charge in [0.25, 0.3) is 0 Å². The van der Waals surface area contributed by atoms with E-state index in [-0.39, 0.29) is 10.9 Å². The number of hydrogen-bond acceptors (Lipinski definition) is 3. The standard InChI is InChI=1S/C18H21NO3S/c1-13-7-9-14(10-8-13)18(15-11-12-15)19-23(20,21)17-6-4-3-5-16(17)22-2/h3-10,15,18-19H,11-12H2,1-2H3. The summed E-state index contributed by atoms with van der Waals surface area (Å²) in [4.78, 5) is 0.181. The van der Waals surface area contributed by atoms with E-state index in [9.17, 15) is 8.42 Å². The van der Waals surface area contributed by atoms with Gasteiger partial charge in [0.15, 0.2) is 0 Å². The van der Waals surface area contributed by atoms with E-state index >= 15 is 0 Å². The van der Waals surface area contributed by atoms with Crippen LogP contribution < -0.4 is 9.46 Å². The summed E-state index contributed by atoms with van der Waals surface area (Å²) in [5.41, 5.74) is 2.17. The Hall–Kier alpha value is -1.85. The number of para-hydroxylation sites is 1. The fraction of sp³-hybridized carbons (Fsp3) is 0.333. The summed E-state index contributed by atoms with van der Waals surface area (Å²) >= 11 is 0. The fourth-order valence-corrected chi connectivity index (χ4v) is 4.17. The molecule has 4 nitrogen and oxygen atoms in total. The van der Waals surface area contributed by atoms with Crippen LogP contribution in [0.2, 0.25) is 0 Å². The lowest BCUT2D eigenvalue weighted by molar-refractivity contribution is 0.401. The number of sulfonamides is 1. The van der Waals surface area contributed by atoms with Crippen LogP contribution in [0.5, 0.6) is 5.75 Å². The molecule has 1 aliphatic carbocycles. The Morgan fingerprint density at radius 3 is 2.35 bits per heavy atom. The maximum atomic E-state index is 12.8. The Morgan fingerprint density at radius 1 is 1.09 bits per heavy atom. The van der Waals surface area contributed by atoms with E-state index in [4.69, 9.17) is 4.74 Å². The summed E-state index contributed by atoms with van der Waals surface area (Å²) in [5.74, 6) is 0.723. The molecule has 0 radical (unpaired) electrons. The summed E-state index contributed by atoms with van der Waals surface area (Å²) in [6.45, 7) is 2.02. The molecular weight excluding hydrogens is 310 g/mol. The normalized spacial score (nSPS) is 16.1. The predicted octanol–water partition coefficient (Wildman–Crippen LogP) is 3.43. The lowest BCUT2D eigenvalue weighted by Crippen LogP contribution is -2.30. The molecule has 1 saturated carbocycles. The minimum absolute atomic E-state index is 0.181. The number of hydrogen-bond donors (Lipinski definition) is 1. The number of nitrogens with one attached hydrogen (secondary N) is 1. The minimum Gasteiger partial charge on any atom is -0.495 e. The van der Waals surface area contributed by atoms with E-state index in [1.54, 1.807) is 24.3 Å². The minimum atomic E-state index is -3.64. The molecule has 2 aromatic carbocycles. The van der Waals surface area contributed by atoms with Gasteiger partial charge in [-0.25, -0.2) is 13.1 Å². The summed E-state index contributed by atoms with van der Waals surface area (Å²) in [6.07, 6.45) is 2.10. The zero-order valence-corrected chi connectivity index (χ0v) is 14.1. The van der Waals surface area contributed by atoms with Crippen molar-refractivity contribution in [1.82, 2.24) is 4.72 Å². The molecule has 1 N–H and O–H groups in total. The van der Waals surface area contributed by atoms with E-state index in [0.29, 0.717) is 11.7 Å². The molecule has 2 aromatic rings. The van der Waals surface area contributed by atoms with Crippen molar-refractivity contribution in [3.63, 3.8) is 0 Å². The second-order valence-corrected chi connectivity index (χ2v) is 7.68. The monoisotopic (exact) mass is 331 g/mol. The van der Waals surface area contributed by atoms with Gasteiger partial charge in [-0.1, -0.05) is 42.0 Å². The van der Waals surface area contributed by atoms with Gasteiger partial charge >= 0.3 is 0 Å². The first-order chi connectivity index (χ1) is 11.0. The maximum Gasteiger partial charge on any atom is 0.244 e. The van der Waals surface area contributed by atoms with E-state index < -0.39 is 10.0 Å². The van der Waals surface area contributed by atoms with Crippen molar-refractivity contribution in [3.05, 3.63) is 59.7 Å². The Labute approximate surface area is 137 Å². The van der Waals surface area contributed by atoms with Gasteiger partial charge < -0.3 is 4.74 Å². The van der Waals surface area contributed by atoms with Crippen LogP contribution in [0, 0.1) is 12.8 Å². The van der Waals surface area contributed by atoms with Crippen molar-refractivity contribution in [3.8, 4) is 5.75 Å². The molecule has 1 fully saturated rings. The second-order valence-electron chi connectivity index (χ2n) is 6.00. The van der Waals surface area contributed by atoms with Crippen LogP contribution in [0.25, 0.3) is 0 Å². The first kappa shape index (κ1) is 16.0. The highest BCUT2D eigenvalue weighted by molar-refractivity contribution is 7.89. The molecule has 1 unspecified atom stereocenters. The molecule has 0 heterocycles. The lowest BCUT2D eigenvalue weighted by atomic mass is 10.0. The van der Waals surface area contributed by atoms with Crippen LogP contribution in [-0.4, -0.2) is 15.5 Å². The summed E-state index contributed by atoms with van der Waals surface area (Å²) in [7, 11) is -2.16. The van der Waals surface area contributed by atoms with Crippen LogP contribution in [0.3, 0.4) is 0 Å². The molecule has 0 aliphatic heterocycles. The molecular formula is C18H21NO3S. The Kier molecular flexibility index (Phi) is 4.41. The van der Waals surface area contributed by atoms with Crippen LogP contribution >= 0.6 is 0 Å². The van der Waals surface area contributed by atoms with Crippen molar-refractivity contribution in [2.75, 3.05) is 7.11 Å². The Bertz CT molecular complexity index is 780. The predicted molar refractivity (Wildman–Crippen MR) is 90.0 cm³/mol. The molecule has 0 saturated heterocycles. The van der Waals surface area contributed by atoms with Crippen LogP contribution in [0.1, 0.15) is 30.0 Å².